The smallest absolute Gasteiger partial charge is 0.123 e. The third kappa shape index (κ3) is 6.93. The molecule has 0 N–H and O–H groups in total. The number of rotatable bonds is 9. The Hall–Kier alpha value is -8.73. The van der Waals surface area contributed by atoms with Gasteiger partial charge >= 0.3 is 0 Å². The first-order chi connectivity index (χ1) is 32.6. The van der Waals surface area contributed by atoms with Crippen molar-refractivity contribution in [2.45, 2.75) is 0 Å². The molecule has 0 atom stereocenters. The molecule has 1 aromatic heterocycles. The van der Waals surface area contributed by atoms with E-state index in [1.165, 1.54) is 39.4 Å². The highest BCUT2D eigenvalue weighted by Crippen LogP contribution is 2.45. The van der Waals surface area contributed by atoms with Gasteiger partial charge in [-0.25, -0.2) is 4.39 Å². The average Bonchev–Trinajstić information content (AvgIpc) is 3.72. The van der Waals surface area contributed by atoms with Crippen molar-refractivity contribution in [3.05, 3.63) is 261 Å². The number of aromatic nitrogens is 1. The molecule has 12 rings (SSSR count). The average molecular weight is 848 g/mol. The highest BCUT2D eigenvalue weighted by molar-refractivity contribution is 6.11. The first kappa shape index (κ1) is 38.9. The van der Waals surface area contributed by atoms with E-state index in [-0.39, 0.29) is 5.82 Å². The van der Waals surface area contributed by atoms with Crippen LogP contribution in [-0.2, 0) is 0 Å². The van der Waals surface area contributed by atoms with Gasteiger partial charge in [0.15, 0.2) is 0 Å². The van der Waals surface area contributed by atoms with Gasteiger partial charge in [0.05, 0.1) is 16.7 Å². The Morgan fingerprint density at radius 1 is 0.303 bits per heavy atom. The summed E-state index contributed by atoms with van der Waals surface area (Å²) in [5.74, 6) is -0.269. The molecule has 12 aromatic rings. The van der Waals surface area contributed by atoms with Crippen molar-refractivity contribution in [3.8, 4) is 27.9 Å². The fourth-order valence-electron chi connectivity index (χ4n) is 9.69. The first-order valence-electron chi connectivity index (χ1n) is 22.4. The minimum Gasteiger partial charge on any atom is -0.310 e. The molecule has 0 fully saturated rings. The first-order valence-corrected chi connectivity index (χ1v) is 22.4. The van der Waals surface area contributed by atoms with Gasteiger partial charge in [-0.05, 0) is 142 Å². The number of benzene rings is 11. The van der Waals surface area contributed by atoms with E-state index in [2.05, 4.69) is 239 Å². The van der Waals surface area contributed by atoms with Crippen molar-refractivity contribution in [2.75, 3.05) is 9.80 Å². The largest absolute Gasteiger partial charge is 0.310 e. The quantitative estimate of drug-likeness (QED) is 0.143. The van der Waals surface area contributed by atoms with Gasteiger partial charge in [-0.3, -0.25) is 0 Å². The second-order valence-electron chi connectivity index (χ2n) is 16.7. The third-order valence-electron chi connectivity index (χ3n) is 12.8. The Morgan fingerprint density at radius 3 is 1.56 bits per heavy atom. The molecule has 4 heteroatoms. The lowest BCUT2D eigenvalue weighted by atomic mass is 9.95. The van der Waals surface area contributed by atoms with E-state index in [0.717, 1.165) is 78.1 Å². The summed E-state index contributed by atoms with van der Waals surface area (Å²) in [5, 5.41) is 7.02. The molecule has 0 radical (unpaired) electrons. The number of fused-ring (bicyclic) bond motifs is 5. The number of hydrogen-bond acceptors (Lipinski definition) is 2. The van der Waals surface area contributed by atoms with Crippen LogP contribution >= 0.6 is 0 Å². The summed E-state index contributed by atoms with van der Waals surface area (Å²) in [6, 6.07) is 89.1. The summed E-state index contributed by atoms with van der Waals surface area (Å²) in [5.41, 5.74) is 14.1. The molecule has 0 spiro atoms. The Balaban J connectivity index is 0.958. The van der Waals surface area contributed by atoms with Gasteiger partial charge in [-0.2, -0.15) is 0 Å². The van der Waals surface area contributed by atoms with Gasteiger partial charge in [0.25, 0.3) is 0 Å². The summed E-state index contributed by atoms with van der Waals surface area (Å²) >= 11 is 0. The predicted molar refractivity (Wildman–Crippen MR) is 276 cm³/mol. The van der Waals surface area contributed by atoms with Crippen LogP contribution in [0.15, 0.2) is 255 Å². The van der Waals surface area contributed by atoms with Crippen molar-refractivity contribution >= 4 is 77.5 Å². The minimum absolute atomic E-state index is 0.269. The zero-order valence-electron chi connectivity index (χ0n) is 36.0. The highest BCUT2D eigenvalue weighted by Gasteiger charge is 2.20. The number of nitrogens with zero attached hydrogens (tertiary/aromatic N) is 3. The Bertz CT molecular complexity index is 3690. The predicted octanol–water partition coefficient (Wildman–Crippen LogP) is 17.5. The molecule has 312 valence electrons. The summed E-state index contributed by atoms with van der Waals surface area (Å²) in [7, 11) is 0. The lowest BCUT2D eigenvalue weighted by Crippen LogP contribution is -2.11. The molecule has 3 nitrogen and oxygen atoms in total. The molecular weight excluding hydrogens is 806 g/mol. The summed E-state index contributed by atoms with van der Waals surface area (Å²) in [6.45, 7) is 0. The number of hydrogen-bond donors (Lipinski definition) is 0. The molecule has 0 saturated carbocycles. The van der Waals surface area contributed by atoms with Crippen LogP contribution in [0.5, 0.6) is 0 Å². The second kappa shape index (κ2) is 16.4. The van der Waals surface area contributed by atoms with Crippen molar-refractivity contribution in [3.63, 3.8) is 0 Å². The summed E-state index contributed by atoms with van der Waals surface area (Å²) in [6.07, 6.45) is 0. The minimum atomic E-state index is -0.269. The second-order valence-corrected chi connectivity index (χ2v) is 16.7. The molecule has 1 heterocycles. The van der Waals surface area contributed by atoms with Crippen molar-refractivity contribution in [1.82, 2.24) is 4.57 Å². The van der Waals surface area contributed by atoms with E-state index in [1.807, 2.05) is 18.2 Å². The van der Waals surface area contributed by atoms with Crippen LogP contribution in [0.1, 0.15) is 0 Å². The molecule has 0 saturated heterocycles. The molecule has 66 heavy (non-hydrogen) atoms. The van der Waals surface area contributed by atoms with Crippen LogP contribution in [0.3, 0.4) is 0 Å². The maximum atomic E-state index is 14.5. The lowest BCUT2D eigenvalue weighted by Gasteiger charge is -2.28. The molecular formula is C62H42FN3. The maximum absolute atomic E-state index is 14.5. The highest BCUT2D eigenvalue weighted by atomic mass is 19.1. The zero-order chi connectivity index (χ0) is 44.0. The van der Waals surface area contributed by atoms with E-state index >= 15 is 0 Å². The Morgan fingerprint density at radius 2 is 0.818 bits per heavy atom. The van der Waals surface area contributed by atoms with E-state index in [0.29, 0.717) is 0 Å². The van der Waals surface area contributed by atoms with Crippen molar-refractivity contribution in [2.24, 2.45) is 0 Å². The van der Waals surface area contributed by atoms with Gasteiger partial charge in [0.2, 0.25) is 0 Å². The van der Waals surface area contributed by atoms with E-state index in [4.69, 9.17) is 0 Å². The normalized spacial score (nSPS) is 11.4. The number of halogens is 1. The van der Waals surface area contributed by atoms with Gasteiger partial charge in [0.1, 0.15) is 5.82 Å². The van der Waals surface area contributed by atoms with Crippen molar-refractivity contribution in [1.29, 1.82) is 0 Å². The third-order valence-corrected chi connectivity index (χ3v) is 12.8. The Labute approximate surface area is 383 Å². The van der Waals surface area contributed by atoms with Crippen LogP contribution in [0.4, 0.5) is 38.5 Å². The monoisotopic (exact) mass is 847 g/mol. The van der Waals surface area contributed by atoms with Crippen LogP contribution < -0.4 is 9.80 Å². The standard InChI is InChI=1S/C62H42FN3/c63-48-28-35-51(36-29-48)64(54-37-39-62-59(42-54)58-21-11-12-22-60(58)66(62)49-17-5-2-6-18-49)50-32-26-46(27-33-50)55-38-40-61(57-20-10-9-19-56(55)57)65(53-34-25-44-15-7-8-16-47(44)41-53)52-30-23-45(24-31-52)43-13-3-1-4-14-43/h1-42H. The van der Waals surface area contributed by atoms with Gasteiger partial charge < -0.3 is 14.4 Å². The van der Waals surface area contributed by atoms with Gasteiger partial charge in [-0.1, -0.05) is 152 Å². The number of para-hydroxylation sites is 2. The molecule has 0 aliphatic rings. The van der Waals surface area contributed by atoms with E-state index < -0.39 is 0 Å². The molecule has 0 unspecified atom stereocenters. The maximum Gasteiger partial charge on any atom is 0.123 e. The fourth-order valence-corrected chi connectivity index (χ4v) is 9.69. The van der Waals surface area contributed by atoms with Gasteiger partial charge in [0, 0.05) is 50.3 Å². The Kier molecular flexibility index (Phi) is 9.69. The summed E-state index contributed by atoms with van der Waals surface area (Å²) < 4.78 is 16.8. The van der Waals surface area contributed by atoms with Gasteiger partial charge in [-0.15, -0.1) is 0 Å². The lowest BCUT2D eigenvalue weighted by molar-refractivity contribution is 0.628. The number of anilines is 6. The fraction of sp³-hybridized carbons (Fsp3) is 0. The summed E-state index contributed by atoms with van der Waals surface area (Å²) in [4.78, 5) is 4.59. The van der Waals surface area contributed by atoms with Crippen molar-refractivity contribution < 1.29 is 4.39 Å². The van der Waals surface area contributed by atoms with Crippen LogP contribution in [0.25, 0.3) is 71.3 Å². The van der Waals surface area contributed by atoms with Crippen LogP contribution in [-0.4, -0.2) is 4.57 Å². The molecule has 0 aliphatic carbocycles. The van der Waals surface area contributed by atoms with Crippen LogP contribution in [0, 0.1) is 5.82 Å². The molecule has 0 bridgehead atoms. The van der Waals surface area contributed by atoms with E-state index in [9.17, 15) is 4.39 Å². The topological polar surface area (TPSA) is 11.4 Å². The molecule has 0 aliphatic heterocycles. The van der Waals surface area contributed by atoms with Crippen LogP contribution in [0.2, 0.25) is 0 Å². The zero-order valence-corrected chi connectivity index (χ0v) is 36.0. The van der Waals surface area contributed by atoms with E-state index in [1.54, 1.807) is 0 Å². The molecule has 11 aromatic carbocycles. The SMILES string of the molecule is Fc1ccc(N(c2ccc(-c3ccc(N(c4ccc(-c5ccccc5)cc4)c4ccc5ccccc5c4)c4ccccc34)cc2)c2ccc3c(c2)c2ccccc2n3-c2ccccc2)cc1. The molecule has 0 amide bonds.